The van der Waals surface area contributed by atoms with E-state index >= 15 is 0 Å². The van der Waals surface area contributed by atoms with E-state index in [1.165, 1.54) is 6.26 Å². The van der Waals surface area contributed by atoms with Crippen LogP contribution in [0, 0.1) is 11.3 Å². The Bertz CT molecular complexity index is 1190. The van der Waals surface area contributed by atoms with E-state index in [9.17, 15) is 10.1 Å². The number of rotatable bonds is 4. The van der Waals surface area contributed by atoms with E-state index in [1.807, 2.05) is 30.3 Å². The van der Waals surface area contributed by atoms with E-state index in [4.69, 9.17) is 15.9 Å². The minimum Gasteiger partial charge on any atom is -0.463 e. The number of hydrogen-bond acceptors (Lipinski definition) is 7. The summed E-state index contributed by atoms with van der Waals surface area (Å²) in [6.07, 6.45) is 1.49. The van der Waals surface area contributed by atoms with Crippen LogP contribution in [-0.4, -0.2) is 10.9 Å². The predicted molar refractivity (Wildman–Crippen MR) is 105 cm³/mol. The highest BCUT2D eigenvalue weighted by Crippen LogP contribution is 2.43. The van der Waals surface area contributed by atoms with Crippen LogP contribution < -0.4 is 16.8 Å². The first-order valence-corrected chi connectivity index (χ1v) is 8.73. The van der Waals surface area contributed by atoms with Crippen LogP contribution in [0.2, 0.25) is 0 Å². The number of para-hydroxylation sites is 1. The van der Waals surface area contributed by atoms with Crippen molar-refractivity contribution >= 4 is 44.5 Å². The van der Waals surface area contributed by atoms with Crippen LogP contribution in [0.3, 0.4) is 0 Å². The maximum absolute atomic E-state index is 12.4. The van der Waals surface area contributed by atoms with Crippen LogP contribution in [0.4, 0.5) is 17.1 Å². The summed E-state index contributed by atoms with van der Waals surface area (Å²) in [4.78, 5) is 17.7. The number of pyridine rings is 1. The van der Waals surface area contributed by atoms with E-state index in [0.29, 0.717) is 32.2 Å². The first-order valence-electron chi connectivity index (χ1n) is 7.92. The Hall–Kier alpha value is -3.83. The number of carbonyl (C=O) groups excluding carboxylic acids is 1. The lowest BCUT2D eigenvalue weighted by molar-refractivity contribution is 0.100. The van der Waals surface area contributed by atoms with Gasteiger partial charge in [0.1, 0.15) is 21.5 Å². The van der Waals surface area contributed by atoms with Gasteiger partial charge in [0.25, 0.3) is 5.91 Å². The Morgan fingerprint density at radius 3 is 2.63 bits per heavy atom. The molecule has 1 amide bonds. The number of fused-ring (bicyclic) bond motifs is 1. The number of nitrogen functional groups attached to an aromatic ring is 1. The topological polar surface area (TPSA) is 131 Å². The second-order valence-electron chi connectivity index (χ2n) is 5.68. The smallest absolute Gasteiger partial charge is 0.253 e. The van der Waals surface area contributed by atoms with Crippen molar-refractivity contribution in [2.45, 2.75) is 0 Å². The molecule has 132 valence electrons. The second kappa shape index (κ2) is 6.48. The first kappa shape index (κ1) is 16.6. The Kier molecular flexibility index (Phi) is 3.99. The second-order valence-corrected chi connectivity index (χ2v) is 6.68. The molecule has 0 aliphatic heterocycles. The van der Waals surface area contributed by atoms with Gasteiger partial charge in [-0.05, 0) is 24.3 Å². The molecule has 0 aliphatic rings. The standard InChI is InChI=1S/C19H13N5O2S/c20-9-12-15(21)13-17(23-10-5-2-1-3-6-10)14(18(22)25)16(24-19(13)27-12)11-7-4-8-26-11/h1-8H,21H2,(H2,22,25)(H,23,24). The number of amides is 1. The fraction of sp³-hybridized carbons (Fsp3) is 0. The van der Waals surface area contributed by atoms with Gasteiger partial charge in [-0.2, -0.15) is 5.26 Å². The molecule has 4 aromatic rings. The minimum atomic E-state index is -0.682. The molecule has 0 aliphatic carbocycles. The average Bonchev–Trinajstić information content (AvgIpc) is 3.30. The number of nitrogens with two attached hydrogens (primary N) is 2. The molecule has 0 saturated carbocycles. The summed E-state index contributed by atoms with van der Waals surface area (Å²) >= 11 is 1.15. The zero-order chi connectivity index (χ0) is 19.0. The Labute approximate surface area is 157 Å². The summed E-state index contributed by atoms with van der Waals surface area (Å²) in [5.41, 5.74) is 13.7. The normalized spacial score (nSPS) is 10.6. The third-order valence-electron chi connectivity index (χ3n) is 4.02. The number of nitrogens with one attached hydrogen (secondary N) is 1. The monoisotopic (exact) mass is 375 g/mol. The molecule has 27 heavy (non-hydrogen) atoms. The van der Waals surface area contributed by atoms with Crippen LogP contribution in [0.15, 0.2) is 53.1 Å². The molecule has 3 heterocycles. The lowest BCUT2D eigenvalue weighted by Gasteiger charge is -2.15. The summed E-state index contributed by atoms with van der Waals surface area (Å²) in [6, 6.07) is 14.7. The SMILES string of the molecule is N#Cc1sc2nc(-c3ccco3)c(C(N)=O)c(Nc3ccccc3)c2c1N. The van der Waals surface area contributed by atoms with Crippen molar-refractivity contribution in [3.05, 3.63) is 59.2 Å². The van der Waals surface area contributed by atoms with Crippen LogP contribution >= 0.6 is 11.3 Å². The number of hydrogen-bond donors (Lipinski definition) is 3. The Morgan fingerprint density at radius 2 is 2.00 bits per heavy atom. The number of aromatic nitrogens is 1. The number of anilines is 3. The zero-order valence-corrected chi connectivity index (χ0v) is 14.7. The van der Waals surface area contributed by atoms with E-state index in [1.54, 1.807) is 12.1 Å². The summed E-state index contributed by atoms with van der Waals surface area (Å²) in [5, 5.41) is 13.1. The van der Waals surface area contributed by atoms with Crippen LogP contribution in [0.1, 0.15) is 15.2 Å². The van der Waals surface area contributed by atoms with Gasteiger partial charge >= 0.3 is 0 Å². The highest BCUT2D eigenvalue weighted by molar-refractivity contribution is 7.20. The van der Waals surface area contributed by atoms with E-state index in [-0.39, 0.29) is 11.3 Å². The van der Waals surface area contributed by atoms with Gasteiger partial charge in [0.2, 0.25) is 0 Å². The molecule has 3 aromatic heterocycles. The fourth-order valence-corrected chi connectivity index (χ4v) is 3.76. The summed E-state index contributed by atoms with van der Waals surface area (Å²) in [7, 11) is 0. The van der Waals surface area contributed by atoms with Gasteiger partial charge in [-0.15, -0.1) is 11.3 Å². The maximum Gasteiger partial charge on any atom is 0.253 e. The maximum atomic E-state index is 12.4. The summed E-state index contributed by atoms with van der Waals surface area (Å²) < 4.78 is 5.44. The lowest BCUT2D eigenvalue weighted by Crippen LogP contribution is -2.16. The van der Waals surface area contributed by atoms with Crippen molar-refractivity contribution in [2.75, 3.05) is 11.1 Å². The van der Waals surface area contributed by atoms with E-state index < -0.39 is 5.91 Å². The summed E-state index contributed by atoms with van der Waals surface area (Å²) in [6.45, 7) is 0. The zero-order valence-electron chi connectivity index (χ0n) is 13.9. The number of carbonyl (C=O) groups is 1. The van der Waals surface area contributed by atoms with E-state index in [2.05, 4.69) is 16.4 Å². The molecule has 5 N–H and O–H groups in total. The molecule has 8 heteroatoms. The Balaban J connectivity index is 2.10. The minimum absolute atomic E-state index is 0.148. The third-order valence-corrected chi connectivity index (χ3v) is 5.03. The molecule has 0 atom stereocenters. The van der Waals surface area contributed by atoms with Gasteiger partial charge in [0, 0.05) is 5.69 Å². The third kappa shape index (κ3) is 2.76. The fourth-order valence-electron chi connectivity index (χ4n) is 2.86. The molecule has 7 nitrogen and oxygen atoms in total. The van der Waals surface area contributed by atoms with Gasteiger partial charge in [-0.1, -0.05) is 18.2 Å². The average molecular weight is 375 g/mol. The van der Waals surface area contributed by atoms with Crippen molar-refractivity contribution in [3.8, 4) is 17.5 Å². The molecule has 0 bridgehead atoms. The molecule has 4 rings (SSSR count). The highest BCUT2D eigenvalue weighted by atomic mass is 32.1. The van der Waals surface area contributed by atoms with Gasteiger partial charge in [-0.25, -0.2) is 4.98 Å². The van der Waals surface area contributed by atoms with Crippen molar-refractivity contribution in [2.24, 2.45) is 5.73 Å². The van der Waals surface area contributed by atoms with E-state index in [0.717, 1.165) is 17.0 Å². The molecule has 0 fully saturated rings. The number of benzene rings is 1. The Morgan fingerprint density at radius 1 is 1.22 bits per heavy atom. The van der Waals surface area contributed by atoms with Gasteiger partial charge in [0.15, 0.2) is 5.76 Å². The largest absolute Gasteiger partial charge is 0.463 e. The van der Waals surface area contributed by atoms with Crippen molar-refractivity contribution in [3.63, 3.8) is 0 Å². The lowest BCUT2D eigenvalue weighted by atomic mass is 10.0. The van der Waals surface area contributed by atoms with Gasteiger partial charge in [0.05, 0.1) is 28.6 Å². The molecule has 0 saturated heterocycles. The van der Waals surface area contributed by atoms with Crippen LogP contribution in [-0.2, 0) is 0 Å². The van der Waals surface area contributed by atoms with Crippen LogP contribution in [0.5, 0.6) is 0 Å². The van der Waals surface area contributed by atoms with Crippen molar-refractivity contribution < 1.29 is 9.21 Å². The highest BCUT2D eigenvalue weighted by Gasteiger charge is 2.26. The molecular formula is C19H13N5O2S. The molecule has 0 spiro atoms. The number of nitriles is 1. The van der Waals surface area contributed by atoms with Gasteiger partial charge < -0.3 is 21.2 Å². The van der Waals surface area contributed by atoms with Crippen LogP contribution in [0.25, 0.3) is 21.7 Å². The number of thiophene rings is 1. The molecule has 0 unspecified atom stereocenters. The number of furan rings is 1. The first-order chi connectivity index (χ1) is 13.1. The molecule has 0 radical (unpaired) electrons. The molecule has 1 aromatic carbocycles. The molecular weight excluding hydrogens is 362 g/mol. The van der Waals surface area contributed by atoms with Gasteiger partial charge in [-0.3, -0.25) is 4.79 Å². The van der Waals surface area contributed by atoms with Crippen molar-refractivity contribution in [1.29, 1.82) is 5.26 Å². The number of primary amides is 1. The summed E-state index contributed by atoms with van der Waals surface area (Å²) in [5.74, 6) is -0.286. The predicted octanol–water partition coefficient (Wildman–Crippen LogP) is 3.85. The van der Waals surface area contributed by atoms with Crippen molar-refractivity contribution in [1.82, 2.24) is 4.98 Å². The quantitative estimate of drug-likeness (QED) is 0.496. The number of nitrogens with zero attached hydrogens (tertiary/aromatic N) is 2.